The second-order valence-corrected chi connectivity index (χ2v) is 13.9. The van der Waals surface area contributed by atoms with E-state index in [1.807, 2.05) is 0 Å². The minimum atomic E-state index is 1.16. The second-order valence-electron chi connectivity index (χ2n) is 13.9. The number of nitrogens with zero attached hydrogens (tertiary/aromatic N) is 2. The molecule has 0 fully saturated rings. The molecule has 0 aliphatic heterocycles. The Balaban J connectivity index is 1.31. The molecule has 0 bridgehead atoms. The summed E-state index contributed by atoms with van der Waals surface area (Å²) in [6.07, 6.45) is 0. The molecule has 52 heavy (non-hydrogen) atoms. The standard InChI is InChI=1S/C50H36N2/c1-33-22-25-47-43(28-33)44-29-34(2)23-26-48(44)51(47)39-24-27-49-45(32-39)40-20-12-13-21-46(40)52(49)50-41(36-16-8-4-9-17-36)30-38(35-14-6-3-7-15-35)31-42(50)37-18-10-5-11-19-37/h3-32H,1-2H3. The van der Waals surface area contributed by atoms with E-state index >= 15 is 0 Å². The van der Waals surface area contributed by atoms with Crippen LogP contribution in [0.2, 0.25) is 0 Å². The van der Waals surface area contributed by atoms with Gasteiger partial charge < -0.3 is 9.13 Å². The van der Waals surface area contributed by atoms with Gasteiger partial charge >= 0.3 is 0 Å². The molecule has 0 atom stereocenters. The van der Waals surface area contributed by atoms with Crippen molar-refractivity contribution in [2.24, 2.45) is 0 Å². The van der Waals surface area contributed by atoms with Gasteiger partial charge in [0.1, 0.15) is 0 Å². The van der Waals surface area contributed by atoms with Crippen molar-refractivity contribution in [1.82, 2.24) is 9.13 Å². The molecule has 8 aromatic carbocycles. The zero-order valence-corrected chi connectivity index (χ0v) is 29.2. The van der Waals surface area contributed by atoms with Crippen LogP contribution >= 0.6 is 0 Å². The lowest BCUT2D eigenvalue weighted by molar-refractivity contribution is 1.17. The van der Waals surface area contributed by atoms with E-state index in [4.69, 9.17) is 0 Å². The van der Waals surface area contributed by atoms with E-state index in [0.29, 0.717) is 0 Å². The van der Waals surface area contributed by atoms with E-state index in [9.17, 15) is 0 Å². The van der Waals surface area contributed by atoms with Crippen molar-refractivity contribution in [2.45, 2.75) is 13.8 Å². The van der Waals surface area contributed by atoms with Crippen LogP contribution in [0.25, 0.3) is 88.4 Å². The Morgan fingerprint density at radius 3 is 1.33 bits per heavy atom. The second kappa shape index (κ2) is 12.0. The Hall–Kier alpha value is -6.64. The quantitative estimate of drug-likeness (QED) is 0.173. The minimum Gasteiger partial charge on any atom is -0.309 e. The third kappa shape index (κ3) is 4.80. The summed E-state index contributed by atoms with van der Waals surface area (Å²) in [4.78, 5) is 0. The highest BCUT2D eigenvalue weighted by Gasteiger charge is 2.22. The van der Waals surface area contributed by atoms with E-state index in [2.05, 4.69) is 205 Å². The van der Waals surface area contributed by atoms with Crippen LogP contribution < -0.4 is 0 Å². The summed E-state index contributed by atoms with van der Waals surface area (Å²) < 4.78 is 4.95. The van der Waals surface area contributed by atoms with Crippen LogP contribution in [0, 0.1) is 13.8 Å². The van der Waals surface area contributed by atoms with E-state index in [0.717, 1.165) is 5.69 Å². The fraction of sp³-hybridized carbons (Fsp3) is 0.0400. The third-order valence-corrected chi connectivity index (χ3v) is 10.6. The number of rotatable bonds is 5. The smallest absolute Gasteiger partial charge is 0.0619 e. The average Bonchev–Trinajstić information content (AvgIpc) is 3.69. The van der Waals surface area contributed by atoms with Crippen molar-refractivity contribution >= 4 is 43.6 Å². The van der Waals surface area contributed by atoms with Crippen molar-refractivity contribution < 1.29 is 0 Å². The monoisotopic (exact) mass is 664 g/mol. The number of hydrogen-bond acceptors (Lipinski definition) is 0. The van der Waals surface area contributed by atoms with Crippen LogP contribution in [-0.2, 0) is 0 Å². The maximum atomic E-state index is 2.51. The molecule has 10 aromatic rings. The molecule has 10 rings (SSSR count). The summed E-state index contributed by atoms with van der Waals surface area (Å²) >= 11 is 0. The maximum absolute atomic E-state index is 2.51. The van der Waals surface area contributed by atoms with Gasteiger partial charge in [0.15, 0.2) is 0 Å². The Bertz CT molecular complexity index is 2830. The molecule has 2 heterocycles. The minimum absolute atomic E-state index is 1.16. The van der Waals surface area contributed by atoms with E-state index in [1.54, 1.807) is 0 Å². The van der Waals surface area contributed by atoms with Gasteiger partial charge in [-0.2, -0.15) is 0 Å². The molecule has 0 aliphatic carbocycles. The molecule has 0 unspecified atom stereocenters. The van der Waals surface area contributed by atoms with Crippen molar-refractivity contribution in [3.8, 4) is 44.8 Å². The van der Waals surface area contributed by atoms with Crippen molar-refractivity contribution in [3.05, 3.63) is 193 Å². The van der Waals surface area contributed by atoms with Gasteiger partial charge in [0.05, 0.1) is 27.8 Å². The molecule has 0 saturated carbocycles. The molecule has 2 nitrogen and oxygen atoms in total. The summed E-state index contributed by atoms with van der Waals surface area (Å²) in [5.41, 5.74) is 16.9. The number of hydrogen-bond donors (Lipinski definition) is 0. The first-order valence-electron chi connectivity index (χ1n) is 18.0. The molecule has 0 amide bonds. The fourth-order valence-electron chi connectivity index (χ4n) is 8.22. The zero-order valence-electron chi connectivity index (χ0n) is 29.2. The Morgan fingerprint density at radius 2 is 0.750 bits per heavy atom. The summed E-state index contributed by atoms with van der Waals surface area (Å²) in [5, 5.41) is 5.05. The molecule has 0 N–H and O–H groups in total. The van der Waals surface area contributed by atoms with E-state index < -0.39 is 0 Å². The summed E-state index contributed by atoms with van der Waals surface area (Å²) in [6.45, 7) is 4.36. The van der Waals surface area contributed by atoms with Crippen LogP contribution in [0.3, 0.4) is 0 Å². The highest BCUT2D eigenvalue weighted by atomic mass is 15.0. The first kappa shape index (κ1) is 30.2. The van der Waals surface area contributed by atoms with Gasteiger partial charge in [-0.05, 0) is 96.8 Å². The molecule has 0 aliphatic rings. The zero-order chi connectivity index (χ0) is 34.8. The number of aromatic nitrogens is 2. The van der Waals surface area contributed by atoms with Gasteiger partial charge in [-0.25, -0.2) is 0 Å². The molecule has 0 saturated heterocycles. The molecule has 2 heteroatoms. The number of benzene rings is 8. The summed E-state index contributed by atoms with van der Waals surface area (Å²) in [5.74, 6) is 0. The van der Waals surface area contributed by atoms with E-state index in [1.165, 1.54) is 93.8 Å². The van der Waals surface area contributed by atoms with Crippen LogP contribution in [0.1, 0.15) is 11.1 Å². The Kier molecular flexibility index (Phi) is 6.97. The van der Waals surface area contributed by atoms with Crippen LogP contribution in [0.5, 0.6) is 0 Å². The molecular formula is C50H36N2. The lowest BCUT2D eigenvalue weighted by Crippen LogP contribution is -2.02. The van der Waals surface area contributed by atoms with E-state index in [-0.39, 0.29) is 0 Å². The first-order valence-corrected chi connectivity index (χ1v) is 18.0. The van der Waals surface area contributed by atoms with Crippen molar-refractivity contribution in [2.75, 3.05) is 0 Å². The van der Waals surface area contributed by atoms with Gasteiger partial charge in [0.2, 0.25) is 0 Å². The first-order chi connectivity index (χ1) is 25.6. The third-order valence-electron chi connectivity index (χ3n) is 10.6. The Labute approximate surface area is 303 Å². The summed E-state index contributed by atoms with van der Waals surface area (Å²) in [7, 11) is 0. The maximum Gasteiger partial charge on any atom is 0.0619 e. The van der Waals surface area contributed by atoms with Gasteiger partial charge in [0, 0.05) is 38.4 Å². The van der Waals surface area contributed by atoms with Gasteiger partial charge in [-0.15, -0.1) is 0 Å². The number of aryl methyl sites for hydroxylation is 2. The highest BCUT2D eigenvalue weighted by Crippen LogP contribution is 2.44. The van der Waals surface area contributed by atoms with Crippen molar-refractivity contribution in [1.29, 1.82) is 0 Å². The van der Waals surface area contributed by atoms with Crippen LogP contribution in [-0.4, -0.2) is 9.13 Å². The molecular weight excluding hydrogens is 629 g/mol. The van der Waals surface area contributed by atoms with Crippen LogP contribution in [0.4, 0.5) is 0 Å². The number of para-hydroxylation sites is 1. The lowest BCUT2D eigenvalue weighted by Gasteiger charge is -2.21. The lowest BCUT2D eigenvalue weighted by atomic mass is 9.90. The van der Waals surface area contributed by atoms with Gasteiger partial charge in [0.25, 0.3) is 0 Å². The largest absolute Gasteiger partial charge is 0.309 e. The van der Waals surface area contributed by atoms with Gasteiger partial charge in [-0.1, -0.05) is 132 Å². The predicted molar refractivity (Wildman–Crippen MR) is 221 cm³/mol. The molecule has 0 radical (unpaired) electrons. The molecule has 2 aromatic heterocycles. The predicted octanol–water partition coefficient (Wildman–Crippen LogP) is 13.5. The topological polar surface area (TPSA) is 9.86 Å². The SMILES string of the molecule is Cc1ccc2c(c1)c1cc(C)ccc1n2-c1ccc2c(c1)c1ccccc1n2-c1c(-c2ccccc2)cc(-c2ccccc2)cc1-c1ccccc1. The summed E-state index contributed by atoms with van der Waals surface area (Å²) in [6, 6.07) is 66.8. The average molecular weight is 665 g/mol. The number of fused-ring (bicyclic) bond motifs is 6. The normalized spacial score (nSPS) is 11.7. The molecule has 0 spiro atoms. The fourth-order valence-corrected chi connectivity index (χ4v) is 8.22. The van der Waals surface area contributed by atoms with Crippen molar-refractivity contribution in [3.63, 3.8) is 0 Å². The van der Waals surface area contributed by atoms with Crippen LogP contribution in [0.15, 0.2) is 182 Å². The highest BCUT2D eigenvalue weighted by molar-refractivity contribution is 6.13. The van der Waals surface area contributed by atoms with Gasteiger partial charge in [-0.3, -0.25) is 0 Å². The molecule has 246 valence electrons. The Morgan fingerprint density at radius 1 is 0.308 bits per heavy atom.